The first kappa shape index (κ1) is 15.6. The maximum absolute atomic E-state index is 12.1. The molecule has 1 amide bonds. The van der Waals surface area contributed by atoms with Gasteiger partial charge in [-0.25, -0.2) is 4.98 Å². The third-order valence-corrected chi connectivity index (χ3v) is 3.26. The minimum absolute atomic E-state index is 0.306. The van der Waals surface area contributed by atoms with Gasteiger partial charge in [0.25, 0.3) is 5.91 Å². The van der Waals surface area contributed by atoms with Gasteiger partial charge in [0.05, 0.1) is 5.02 Å². The summed E-state index contributed by atoms with van der Waals surface area (Å²) in [6.07, 6.45) is 0.915. The highest BCUT2D eigenvalue weighted by Crippen LogP contribution is 2.28. The van der Waals surface area contributed by atoms with Crippen molar-refractivity contribution >= 4 is 34.9 Å². The molecule has 1 N–H and O–H groups in total. The summed E-state index contributed by atoms with van der Waals surface area (Å²) in [4.78, 5) is 16.1. The van der Waals surface area contributed by atoms with E-state index >= 15 is 0 Å². The van der Waals surface area contributed by atoms with E-state index in [-0.39, 0.29) is 5.91 Å². The fraction of sp³-hybridized carbons (Fsp3) is 0.200. The number of pyridine rings is 1. The Labute approximate surface area is 133 Å². The van der Waals surface area contributed by atoms with Crippen LogP contribution < -0.4 is 10.1 Å². The molecule has 110 valence electrons. The lowest BCUT2D eigenvalue weighted by molar-refractivity contribution is -0.122. The minimum atomic E-state index is -0.717. The topological polar surface area (TPSA) is 51.2 Å². The van der Waals surface area contributed by atoms with E-state index in [0.717, 1.165) is 5.56 Å². The summed E-state index contributed by atoms with van der Waals surface area (Å²) in [6.45, 7) is 3.56. The number of halogens is 2. The highest BCUT2D eigenvalue weighted by Gasteiger charge is 2.16. The Morgan fingerprint density at radius 2 is 2.05 bits per heavy atom. The van der Waals surface area contributed by atoms with Crippen LogP contribution in [0.5, 0.6) is 5.75 Å². The molecule has 1 heterocycles. The molecular weight excluding hydrogens is 311 g/mol. The summed E-state index contributed by atoms with van der Waals surface area (Å²) in [5.41, 5.74) is 1.01. The first-order chi connectivity index (χ1) is 9.95. The number of hydrogen-bond donors (Lipinski definition) is 1. The van der Waals surface area contributed by atoms with Gasteiger partial charge in [0, 0.05) is 11.2 Å². The van der Waals surface area contributed by atoms with Crippen LogP contribution in [0.15, 0.2) is 36.5 Å². The number of benzene rings is 1. The first-order valence-corrected chi connectivity index (χ1v) is 7.06. The van der Waals surface area contributed by atoms with E-state index < -0.39 is 6.10 Å². The molecule has 0 bridgehead atoms. The fourth-order valence-electron chi connectivity index (χ4n) is 1.65. The SMILES string of the molecule is Cc1ccnc(NC(=O)[C@H](C)Oc2ccc(Cl)cc2Cl)c1. The second kappa shape index (κ2) is 6.78. The fourth-order valence-corrected chi connectivity index (χ4v) is 2.10. The quantitative estimate of drug-likeness (QED) is 0.921. The van der Waals surface area contributed by atoms with Crippen molar-refractivity contribution in [3.8, 4) is 5.75 Å². The molecule has 4 nitrogen and oxygen atoms in total. The van der Waals surface area contributed by atoms with Crippen LogP contribution in [0, 0.1) is 6.92 Å². The van der Waals surface area contributed by atoms with Crippen molar-refractivity contribution in [2.24, 2.45) is 0 Å². The second-order valence-corrected chi connectivity index (χ2v) is 5.39. The number of ether oxygens (including phenoxy) is 1. The molecule has 1 aromatic heterocycles. The van der Waals surface area contributed by atoms with E-state index in [4.69, 9.17) is 27.9 Å². The van der Waals surface area contributed by atoms with Gasteiger partial charge >= 0.3 is 0 Å². The number of amides is 1. The number of anilines is 1. The van der Waals surface area contributed by atoms with Crippen LogP contribution in [0.25, 0.3) is 0 Å². The summed E-state index contributed by atoms with van der Waals surface area (Å²) in [7, 11) is 0. The normalized spacial score (nSPS) is 11.8. The molecule has 2 aromatic rings. The maximum Gasteiger partial charge on any atom is 0.266 e. The van der Waals surface area contributed by atoms with Crippen LogP contribution >= 0.6 is 23.2 Å². The Morgan fingerprint density at radius 3 is 2.71 bits per heavy atom. The molecule has 0 spiro atoms. The van der Waals surface area contributed by atoms with Crippen molar-refractivity contribution in [1.82, 2.24) is 4.98 Å². The van der Waals surface area contributed by atoms with Gasteiger partial charge in [0.15, 0.2) is 6.10 Å². The van der Waals surface area contributed by atoms with Crippen molar-refractivity contribution in [1.29, 1.82) is 0 Å². The molecule has 1 atom stereocenters. The molecule has 0 aliphatic rings. The summed E-state index contributed by atoms with van der Waals surface area (Å²) >= 11 is 11.8. The van der Waals surface area contributed by atoms with Gasteiger partial charge in [-0.2, -0.15) is 0 Å². The lowest BCUT2D eigenvalue weighted by atomic mass is 10.3. The number of nitrogens with zero attached hydrogens (tertiary/aromatic N) is 1. The van der Waals surface area contributed by atoms with Crippen LogP contribution in [0.1, 0.15) is 12.5 Å². The summed E-state index contributed by atoms with van der Waals surface area (Å²) in [5, 5.41) is 3.55. The summed E-state index contributed by atoms with van der Waals surface area (Å²) in [6, 6.07) is 8.46. The van der Waals surface area contributed by atoms with Crippen LogP contribution in [-0.2, 0) is 4.79 Å². The Morgan fingerprint density at radius 1 is 1.29 bits per heavy atom. The number of aryl methyl sites for hydroxylation is 1. The monoisotopic (exact) mass is 324 g/mol. The maximum atomic E-state index is 12.1. The second-order valence-electron chi connectivity index (χ2n) is 4.54. The highest BCUT2D eigenvalue weighted by molar-refractivity contribution is 6.35. The lowest BCUT2D eigenvalue weighted by Gasteiger charge is -2.15. The van der Waals surface area contributed by atoms with Crippen molar-refractivity contribution in [3.63, 3.8) is 0 Å². The highest BCUT2D eigenvalue weighted by atomic mass is 35.5. The number of nitrogens with one attached hydrogen (secondary N) is 1. The van der Waals surface area contributed by atoms with E-state index in [2.05, 4.69) is 10.3 Å². The van der Waals surface area contributed by atoms with Crippen molar-refractivity contribution in [2.75, 3.05) is 5.32 Å². The lowest BCUT2D eigenvalue weighted by Crippen LogP contribution is -2.30. The molecule has 0 fully saturated rings. The van der Waals surface area contributed by atoms with Gasteiger partial charge in [0.1, 0.15) is 11.6 Å². The molecule has 1 aromatic carbocycles. The molecule has 2 rings (SSSR count). The van der Waals surface area contributed by atoms with Crippen LogP contribution in [0.4, 0.5) is 5.82 Å². The van der Waals surface area contributed by atoms with Crippen molar-refractivity contribution < 1.29 is 9.53 Å². The molecule has 0 saturated heterocycles. The van der Waals surface area contributed by atoms with Crippen LogP contribution in [0.2, 0.25) is 10.0 Å². The Kier molecular flexibility index (Phi) is 5.04. The van der Waals surface area contributed by atoms with Crippen molar-refractivity contribution in [3.05, 3.63) is 52.1 Å². The van der Waals surface area contributed by atoms with Gasteiger partial charge in [-0.1, -0.05) is 23.2 Å². The average Bonchev–Trinajstić information content (AvgIpc) is 2.41. The molecule has 0 unspecified atom stereocenters. The van der Waals surface area contributed by atoms with E-state index in [1.54, 1.807) is 37.4 Å². The first-order valence-electron chi connectivity index (χ1n) is 6.31. The third-order valence-electron chi connectivity index (χ3n) is 2.73. The number of hydrogen-bond acceptors (Lipinski definition) is 3. The number of carbonyl (C=O) groups excluding carboxylic acids is 1. The standard InChI is InChI=1S/C15H14Cl2N2O2/c1-9-5-6-18-14(7-9)19-15(20)10(2)21-13-4-3-11(16)8-12(13)17/h3-8,10H,1-2H3,(H,18,19,20)/t10-/m0/s1. The zero-order valence-electron chi connectivity index (χ0n) is 11.6. The zero-order chi connectivity index (χ0) is 15.4. The van der Waals surface area contributed by atoms with Crippen molar-refractivity contribution in [2.45, 2.75) is 20.0 Å². The van der Waals surface area contributed by atoms with Gasteiger partial charge in [-0.15, -0.1) is 0 Å². The van der Waals surface area contributed by atoms with Crippen LogP contribution in [-0.4, -0.2) is 17.0 Å². The number of carbonyl (C=O) groups is 1. The Balaban J connectivity index is 2.02. The van der Waals surface area contributed by atoms with E-state index in [1.165, 1.54) is 0 Å². The Hall–Kier alpha value is -1.78. The van der Waals surface area contributed by atoms with Crippen LogP contribution in [0.3, 0.4) is 0 Å². The predicted molar refractivity (Wildman–Crippen MR) is 84.2 cm³/mol. The minimum Gasteiger partial charge on any atom is -0.479 e. The summed E-state index contributed by atoms with van der Waals surface area (Å²) < 4.78 is 5.53. The average molecular weight is 325 g/mol. The molecular formula is C15H14Cl2N2O2. The largest absolute Gasteiger partial charge is 0.479 e. The third kappa shape index (κ3) is 4.34. The zero-order valence-corrected chi connectivity index (χ0v) is 13.1. The Bertz CT molecular complexity index is 662. The van der Waals surface area contributed by atoms with Gasteiger partial charge in [-0.05, 0) is 49.7 Å². The number of aromatic nitrogens is 1. The van der Waals surface area contributed by atoms with Gasteiger partial charge < -0.3 is 10.1 Å². The molecule has 0 aliphatic heterocycles. The van der Waals surface area contributed by atoms with Gasteiger partial charge in [0.2, 0.25) is 0 Å². The van der Waals surface area contributed by atoms with E-state index in [1.807, 2.05) is 13.0 Å². The predicted octanol–water partition coefficient (Wildman–Crippen LogP) is 4.10. The number of rotatable bonds is 4. The molecule has 6 heteroatoms. The smallest absolute Gasteiger partial charge is 0.266 e. The van der Waals surface area contributed by atoms with E-state index in [9.17, 15) is 4.79 Å². The van der Waals surface area contributed by atoms with E-state index in [0.29, 0.717) is 21.6 Å². The molecule has 21 heavy (non-hydrogen) atoms. The summed E-state index contributed by atoms with van der Waals surface area (Å²) in [5.74, 6) is 0.581. The molecule has 0 saturated carbocycles. The molecule has 0 radical (unpaired) electrons. The van der Waals surface area contributed by atoms with Gasteiger partial charge in [-0.3, -0.25) is 4.79 Å². The molecule has 0 aliphatic carbocycles.